The molecular formula is C23H34ClFN4O4. The van der Waals surface area contributed by atoms with E-state index in [1.54, 1.807) is 0 Å². The van der Waals surface area contributed by atoms with Gasteiger partial charge in [0.25, 0.3) is 0 Å². The van der Waals surface area contributed by atoms with Crippen LogP contribution in [-0.4, -0.2) is 70.9 Å². The minimum Gasteiger partial charge on any atom is -0.391 e. The van der Waals surface area contributed by atoms with E-state index in [9.17, 15) is 19.1 Å². The lowest BCUT2D eigenvalue weighted by Gasteiger charge is -2.56. The number of rotatable bonds is 6. The highest BCUT2D eigenvalue weighted by atomic mass is 35.5. The van der Waals surface area contributed by atoms with Gasteiger partial charge in [0.05, 0.1) is 41.2 Å². The number of carbonyl (C=O) groups excluding carboxylic acids is 2. The van der Waals surface area contributed by atoms with E-state index in [0.717, 1.165) is 0 Å². The number of nitriles is 1. The molecule has 1 heterocycles. The van der Waals surface area contributed by atoms with Crippen molar-refractivity contribution in [1.82, 2.24) is 16.0 Å². The standard InChI is InChI=1S/C23H34ClFN4O4/c24-16-3-2-15(9-17(16)25)33-13-20(31)28-22-5-7-23(8-6-22,19(30)10-22)29-21(32)18-4-1-14(11-26)12-27-18/h14-19,27,30H,1-10,12-13H2,(H,28,31)(H,29,32). The number of ether oxygens (including phenoxy) is 1. The Morgan fingerprint density at radius 3 is 2.55 bits per heavy atom. The molecule has 4 aliphatic carbocycles. The van der Waals surface area contributed by atoms with Gasteiger partial charge in [0.1, 0.15) is 12.8 Å². The Balaban J connectivity index is 1.25. The Bertz CT molecular complexity index is 777. The SMILES string of the molecule is N#CC1CCC(C(=O)NC23CCC(NC(=O)COC4CCC(Cl)C(F)C4)(CC2)CC3O)NC1. The number of carbonyl (C=O) groups is 2. The fraction of sp³-hybridized carbons (Fsp3) is 0.870. The first kappa shape index (κ1) is 24.6. The second-order valence-corrected chi connectivity index (χ2v) is 10.9. The van der Waals surface area contributed by atoms with Gasteiger partial charge in [-0.3, -0.25) is 9.59 Å². The molecule has 4 saturated carbocycles. The first-order valence-corrected chi connectivity index (χ1v) is 12.5. The highest BCUT2D eigenvalue weighted by Crippen LogP contribution is 2.47. The monoisotopic (exact) mass is 484 g/mol. The summed E-state index contributed by atoms with van der Waals surface area (Å²) in [5.74, 6) is -0.457. The third-order valence-electron chi connectivity index (χ3n) is 8.11. The molecule has 5 aliphatic rings. The Morgan fingerprint density at radius 1 is 1.18 bits per heavy atom. The predicted octanol–water partition coefficient (Wildman–Crippen LogP) is 1.44. The van der Waals surface area contributed by atoms with Gasteiger partial charge >= 0.3 is 0 Å². The number of nitrogens with one attached hydrogen (secondary N) is 3. The molecule has 8 nitrogen and oxygen atoms in total. The van der Waals surface area contributed by atoms with Crippen LogP contribution in [0.2, 0.25) is 0 Å². The van der Waals surface area contributed by atoms with Crippen LogP contribution in [0.5, 0.6) is 0 Å². The summed E-state index contributed by atoms with van der Waals surface area (Å²) < 4.78 is 19.4. The molecule has 5 rings (SSSR count). The van der Waals surface area contributed by atoms with Gasteiger partial charge in [-0.1, -0.05) is 0 Å². The molecule has 0 spiro atoms. The summed E-state index contributed by atoms with van der Waals surface area (Å²) >= 11 is 5.90. The van der Waals surface area contributed by atoms with Crippen molar-refractivity contribution in [2.45, 2.75) is 105 Å². The van der Waals surface area contributed by atoms with Gasteiger partial charge in [0, 0.05) is 18.5 Å². The number of hydrogen-bond donors (Lipinski definition) is 4. The molecule has 2 amide bonds. The van der Waals surface area contributed by atoms with Crippen LogP contribution < -0.4 is 16.0 Å². The minimum atomic E-state index is -1.11. The Hall–Kier alpha value is -1.47. The number of amides is 2. The largest absolute Gasteiger partial charge is 0.391 e. The number of nitrogens with zero attached hydrogens (tertiary/aromatic N) is 1. The van der Waals surface area contributed by atoms with Crippen molar-refractivity contribution >= 4 is 23.4 Å². The number of halogens is 2. The number of aliphatic hydroxyl groups is 1. The summed E-state index contributed by atoms with van der Waals surface area (Å²) in [6.45, 7) is 0.363. The summed E-state index contributed by atoms with van der Waals surface area (Å²) in [7, 11) is 0. The van der Waals surface area contributed by atoms with Crippen LogP contribution >= 0.6 is 11.6 Å². The quantitative estimate of drug-likeness (QED) is 0.423. The van der Waals surface area contributed by atoms with E-state index < -0.39 is 28.7 Å². The van der Waals surface area contributed by atoms with Crippen LogP contribution in [0.4, 0.5) is 4.39 Å². The third kappa shape index (κ3) is 5.45. The molecule has 6 atom stereocenters. The lowest BCUT2D eigenvalue weighted by atomic mass is 9.59. The molecule has 2 bridgehead atoms. The average molecular weight is 485 g/mol. The lowest BCUT2D eigenvalue weighted by molar-refractivity contribution is -0.140. The number of fused-ring (bicyclic) bond motifs is 3. The van der Waals surface area contributed by atoms with E-state index in [1.165, 1.54) is 0 Å². The molecular weight excluding hydrogens is 451 g/mol. The molecule has 0 aromatic heterocycles. The molecule has 33 heavy (non-hydrogen) atoms. The first-order chi connectivity index (χ1) is 15.7. The molecule has 0 radical (unpaired) electrons. The molecule has 4 N–H and O–H groups in total. The van der Waals surface area contributed by atoms with E-state index in [1.807, 2.05) is 0 Å². The maximum absolute atomic E-state index is 13.8. The van der Waals surface area contributed by atoms with E-state index in [-0.39, 0.29) is 42.9 Å². The van der Waals surface area contributed by atoms with E-state index in [0.29, 0.717) is 64.3 Å². The zero-order valence-electron chi connectivity index (χ0n) is 18.8. The summed E-state index contributed by atoms with van der Waals surface area (Å²) in [4.78, 5) is 25.4. The van der Waals surface area contributed by atoms with Crippen molar-refractivity contribution in [3.05, 3.63) is 0 Å². The summed E-state index contributed by atoms with van der Waals surface area (Å²) in [5, 5.41) is 28.8. The van der Waals surface area contributed by atoms with Crippen molar-refractivity contribution in [1.29, 1.82) is 5.26 Å². The maximum atomic E-state index is 13.8. The number of alkyl halides is 2. The van der Waals surface area contributed by atoms with Gasteiger partial charge < -0.3 is 25.8 Å². The van der Waals surface area contributed by atoms with Crippen LogP contribution in [-0.2, 0) is 14.3 Å². The van der Waals surface area contributed by atoms with Crippen LogP contribution in [0.3, 0.4) is 0 Å². The van der Waals surface area contributed by atoms with Gasteiger partial charge in [-0.25, -0.2) is 4.39 Å². The molecule has 10 heteroatoms. The zero-order valence-corrected chi connectivity index (χ0v) is 19.6. The smallest absolute Gasteiger partial charge is 0.246 e. The predicted molar refractivity (Wildman–Crippen MR) is 119 cm³/mol. The summed E-state index contributed by atoms with van der Waals surface area (Å²) in [6.07, 6.45) is 3.36. The normalized spacial score (nSPS) is 42.8. The zero-order chi connectivity index (χ0) is 23.6. The number of piperidine rings is 1. The second kappa shape index (κ2) is 10.0. The molecule has 0 aromatic carbocycles. The van der Waals surface area contributed by atoms with Gasteiger partial charge in [-0.05, 0) is 57.8 Å². The molecule has 6 unspecified atom stereocenters. The van der Waals surface area contributed by atoms with Gasteiger partial charge in [-0.15, -0.1) is 11.6 Å². The van der Waals surface area contributed by atoms with Crippen molar-refractivity contribution in [3.63, 3.8) is 0 Å². The molecule has 184 valence electrons. The van der Waals surface area contributed by atoms with Crippen LogP contribution in [0.1, 0.15) is 64.2 Å². The Labute approximate surface area is 198 Å². The highest BCUT2D eigenvalue weighted by Gasteiger charge is 2.55. The van der Waals surface area contributed by atoms with Crippen LogP contribution in [0.25, 0.3) is 0 Å². The van der Waals surface area contributed by atoms with Gasteiger partial charge in [0.15, 0.2) is 0 Å². The third-order valence-corrected chi connectivity index (χ3v) is 8.60. The van der Waals surface area contributed by atoms with Crippen molar-refractivity contribution in [2.24, 2.45) is 5.92 Å². The second-order valence-electron chi connectivity index (χ2n) is 10.3. The van der Waals surface area contributed by atoms with Crippen LogP contribution in [0.15, 0.2) is 0 Å². The van der Waals surface area contributed by atoms with Crippen molar-refractivity contribution in [3.8, 4) is 6.07 Å². The Kier molecular flexibility index (Phi) is 7.49. The topological polar surface area (TPSA) is 123 Å². The minimum absolute atomic E-state index is 0.0656. The fourth-order valence-electron chi connectivity index (χ4n) is 5.90. The van der Waals surface area contributed by atoms with Crippen molar-refractivity contribution in [2.75, 3.05) is 13.2 Å². The molecule has 1 saturated heterocycles. The highest BCUT2D eigenvalue weighted by molar-refractivity contribution is 6.21. The van der Waals surface area contributed by atoms with Crippen molar-refractivity contribution < 1.29 is 23.8 Å². The van der Waals surface area contributed by atoms with Gasteiger partial charge in [0.2, 0.25) is 11.8 Å². The number of aliphatic hydroxyl groups excluding tert-OH is 1. The Morgan fingerprint density at radius 2 is 1.94 bits per heavy atom. The molecule has 1 aliphatic heterocycles. The summed E-state index contributed by atoms with van der Waals surface area (Å²) in [6, 6.07) is 1.88. The van der Waals surface area contributed by atoms with Crippen LogP contribution in [0, 0.1) is 17.2 Å². The van der Waals surface area contributed by atoms with Gasteiger partial charge in [-0.2, -0.15) is 5.26 Å². The molecule has 0 aromatic rings. The van der Waals surface area contributed by atoms with E-state index >= 15 is 0 Å². The van der Waals surface area contributed by atoms with E-state index in [2.05, 4.69) is 22.0 Å². The number of hydrogen-bond acceptors (Lipinski definition) is 6. The van der Waals surface area contributed by atoms with E-state index in [4.69, 9.17) is 21.6 Å². The maximum Gasteiger partial charge on any atom is 0.246 e. The average Bonchev–Trinajstić information content (AvgIpc) is 2.81. The summed E-state index contributed by atoms with van der Waals surface area (Å²) in [5.41, 5.74) is -1.18. The fourth-order valence-corrected chi connectivity index (χ4v) is 6.13. The molecule has 5 fully saturated rings. The lowest BCUT2D eigenvalue weighted by Crippen LogP contribution is -2.71. The first-order valence-electron chi connectivity index (χ1n) is 12.1.